The molecule has 0 unspecified atom stereocenters. The minimum absolute atomic E-state index is 0.180. The molecule has 0 aliphatic carbocycles. The van der Waals surface area contributed by atoms with Crippen molar-refractivity contribution in [3.63, 3.8) is 0 Å². The van der Waals surface area contributed by atoms with E-state index in [9.17, 15) is 9.59 Å². The average molecular weight is 455 g/mol. The van der Waals surface area contributed by atoms with Crippen LogP contribution in [-0.4, -0.2) is 23.8 Å². The molecule has 4 rings (SSSR count). The number of ether oxygens (including phenoxy) is 2. The minimum Gasteiger partial charge on any atom is -0.497 e. The molecule has 3 aromatic rings. The van der Waals surface area contributed by atoms with E-state index in [0.29, 0.717) is 26.4 Å². The fraction of sp³-hybridized carbons (Fsp3) is 0.261. The monoisotopic (exact) mass is 454 g/mol. The first-order valence-electron chi connectivity index (χ1n) is 9.80. The molecule has 2 aromatic heterocycles. The van der Waals surface area contributed by atoms with Crippen molar-refractivity contribution in [2.45, 2.75) is 32.9 Å². The van der Waals surface area contributed by atoms with E-state index >= 15 is 0 Å². The molecular formula is C23H22N2O4S2. The van der Waals surface area contributed by atoms with Crippen LogP contribution in [0.25, 0.3) is 6.08 Å². The predicted octanol–water partition coefficient (Wildman–Crippen LogP) is 3.26. The van der Waals surface area contributed by atoms with Crippen LogP contribution in [0.15, 0.2) is 62.8 Å². The summed E-state index contributed by atoms with van der Waals surface area (Å²) in [7, 11) is 1.60. The number of hydrogen-bond donors (Lipinski definition) is 0. The van der Waals surface area contributed by atoms with Crippen molar-refractivity contribution in [2.24, 2.45) is 4.99 Å². The molecule has 0 N–H and O–H groups in total. The number of hydrogen-bond acceptors (Lipinski definition) is 7. The number of fused-ring (bicyclic) bond motifs is 1. The lowest BCUT2D eigenvalue weighted by Gasteiger charge is -2.25. The summed E-state index contributed by atoms with van der Waals surface area (Å²) in [6.07, 6.45) is 1.58. The molecule has 0 radical (unpaired) electrons. The van der Waals surface area contributed by atoms with Gasteiger partial charge in [0, 0.05) is 4.88 Å². The molecule has 1 aliphatic rings. The van der Waals surface area contributed by atoms with Crippen LogP contribution < -0.4 is 19.6 Å². The van der Waals surface area contributed by atoms with Crippen LogP contribution in [0.4, 0.5) is 0 Å². The summed E-state index contributed by atoms with van der Waals surface area (Å²) >= 11 is 2.88. The molecule has 1 aromatic carbocycles. The van der Waals surface area contributed by atoms with Crippen LogP contribution in [0, 0.1) is 0 Å². The van der Waals surface area contributed by atoms with Crippen molar-refractivity contribution in [1.82, 2.24) is 4.57 Å². The van der Waals surface area contributed by atoms with Crippen LogP contribution in [0.2, 0.25) is 0 Å². The smallest absolute Gasteiger partial charge is 0.338 e. The van der Waals surface area contributed by atoms with Crippen molar-refractivity contribution in [2.75, 3.05) is 7.11 Å². The van der Waals surface area contributed by atoms with Crippen LogP contribution >= 0.6 is 22.7 Å². The van der Waals surface area contributed by atoms with Gasteiger partial charge in [-0.15, -0.1) is 11.3 Å². The maximum atomic E-state index is 13.4. The zero-order chi connectivity index (χ0) is 22.1. The molecule has 160 valence electrons. The first kappa shape index (κ1) is 21.3. The van der Waals surface area contributed by atoms with E-state index in [1.54, 1.807) is 43.8 Å². The first-order valence-corrected chi connectivity index (χ1v) is 11.5. The summed E-state index contributed by atoms with van der Waals surface area (Å²) in [5.74, 6) is 0.227. The number of nitrogens with zero attached hydrogens (tertiary/aromatic N) is 2. The van der Waals surface area contributed by atoms with Crippen LogP contribution in [-0.2, 0) is 9.53 Å². The third-order valence-corrected chi connectivity index (χ3v) is 6.63. The Balaban J connectivity index is 1.94. The second-order valence-electron chi connectivity index (χ2n) is 7.32. The molecule has 0 saturated carbocycles. The number of esters is 1. The molecule has 8 heteroatoms. The van der Waals surface area contributed by atoms with Crippen molar-refractivity contribution in [1.29, 1.82) is 0 Å². The Hall–Kier alpha value is -2.97. The van der Waals surface area contributed by atoms with Gasteiger partial charge in [-0.1, -0.05) is 29.5 Å². The lowest BCUT2D eigenvalue weighted by Crippen LogP contribution is -2.40. The number of carbonyl (C=O) groups excluding carboxylic acids is 1. The third kappa shape index (κ3) is 4.13. The summed E-state index contributed by atoms with van der Waals surface area (Å²) < 4.78 is 12.9. The average Bonchev–Trinajstić information content (AvgIpc) is 3.35. The standard InChI is InChI=1S/C23H22N2O4S2/c1-13(2)29-22(27)19-14(3)24-23-25(20(19)15-7-9-16(28-4)10-8-15)21(26)18(31-23)12-17-6-5-11-30-17/h5-13,20H,1-4H3/b18-12-/t20-/m1/s1. The Kier molecular flexibility index (Phi) is 5.93. The van der Waals surface area contributed by atoms with Gasteiger partial charge in [0.1, 0.15) is 5.75 Å². The minimum atomic E-state index is -0.626. The fourth-order valence-electron chi connectivity index (χ4n) is 3.46. The molecule has 1 aliphatic heterocycles. The van der Waals surface area contributed by atoms with Gasteiger partial charge in [0.15, 0.2) is 4.80 Å². The van der Waals surface area contributed by atoms with E-state index in [1.165, 1.54) is 11.3 Å². The molecular weight excluding hydrogens is 432 g/mol. The fourth-order valence-corrected chi connectivity index (χ4v) is 5.23. The van der Waals surface area contributed by atoms with Crippen LogP contribution in [0.3, 0.4) is 0 Å². The topological polar surface area (TPSA) is 69.9 Å². The predicted molar refractivity (Wildman–Crippen MR) is 122 cm³/mol. The highest BCUT2D eigenvalue weighted by atomic mass is 32.1. The Labute approximate surface area is 187 Å². The summed E-state index contributed by atoms with van der Waals surface area (Å²) in [5.41, 5.74) is 1.53. The Morgan fingerprint density at radius 1 is 1.23 bits per heavy atom. The molecule has 0 fully saturated rings. The molecule has 0 bridgehead atoms. The van der Waals surface area contributed by atoms with Crippen LogP contribution in [0.5, 0.6) is 5.75 Å². The lowest BCUT2D eigenvalue weighted by molar-refractivity contribution is -0.143. The molecule has 6 nitrogen and oxygen atoms in total. The maximum Gasteiger partial charge on any atom is 0.338 e. The first-order chi connectivity index (χ1) is 14.9. The molecule has 0 spiro atoms. The number of allylic oxidation sites excluding steroid dienone is 1. The summed E-state index contributed by atoms with van der Waals surface area (Å²) in [6, 6.07) is 10.6. The summed E-state index contributed by atoms with van der Waals surface area (Å²) in [6.45, 7) is 5.38. The van der Waals surface area contributed by atoms with Crippen LogP contribution in [0.1, 0.15) is 37.3 Å². The molecule has 0 saturated heterocycles. The summed E-state index contributed by atoms with van der Waals surface area (Å²) in [4.78, 5) is 32.6. The molecule has 1 atom stereocenters. The highest BCUT2D eigenvalue weighted by Crippen LogP contribution is 2.31. The Morgan fingerprint density at radius 2 is 1.97 bits per heavy atom. The Morgan fingerprint density at radius 3 is 2.58 bits per heavy atom. The van der Waals surface area contributed by atoms with Gasteiger partial charge in [-0.05, 0) is 56.0 Å². The summed E-state index contributed by atoms with van der Waals surface area (Å²) in [5, 5.41) is 1.97. The van der Waals surface area contributed by atoms with Crippen molar-refractivity contribution >= 4 is 34.7 Å². The number of benzene rings is 1. The normalized spacial score (nSPS) is 16.3. The quantitative estimate of drug-likeness (QED) is 0.555. The van der Waals surface area contributed by atoms with Gasteiger partial charge in [0.2, 0.25) is 0 Å². The van der Waals surface area contributed by atoms with E-state index < -0.39 is 12.0 Å². The van der Waals surface area contributed by atoms with E-state index in [2.05, 4.69) is 4.99 Å². The number of thiazole rings is 1. The van der Waals surface area contributed by atoms with Crippen molar-refractivity contribution < 1.29 is 14.3 Å². The molecule has 31 heavy (non-hydrogen) atoms. The third-order valence-electron chi connectivity index (χ3n) is 4.83. The van der Waals surface area contributed by atoms with Crippen molar-refractivity contribution in [3.05, 3.63) is 83.2 Å². The van der Waals surface area contributed by atoms with Gasteiger partial charge in [0.25, 0.3) is 5.56 Å². The van der Waals surface area contributed by atoms with Gasteiger partial charge >= 0.3 is 5.97 Å². The number of carbonyl (C=O) groups is 1. The largest absolute Gasteiger partial charge is 0.497 e. The number of methoxy groups -OCH3 is 1. The Bertz CT molecular complexity index is 1310. The molecule has 3 heterocycles. The second-order valence-corrected chi connectivity index (χ2v) is 9.31. The van der Waals surface area contributed by atoms with Gasteiger partial charge in [-0.2, -0.15) is 0 Å². The van der Waals surface area contributed by atoms with Crippen molar-refractivity contribution in [3.8, 4) is 5.75 Å². The van der Waals surface area contributed by atoms with E-state index in [1.807, 2.05) is 47.9 Å². The highest BCUT2D eigenvalue weighted by Gasteiger charge is 2.33. The second kappa shape index (κ2) is 8.64. The zero-order valence-electron chi connectivity index (χ0n) is 17.6. The van der Waals surface area contributed by atoms with Gasteiger partial charge < -0.3 is 9.47 Å². The van der Waals surface area contributed by atoms with Gasteiger partial charge in [0.05, 0.1) is 35.1 Å². The van der Waals surface area contributed by atoms with E-state index in [-0.39, 0.29) is 11.7 Å². The van der Waals surface area contributed by atoms with E-state index in [4.69, 9.17) is 9.47 Å². The number of rotatable bonds is 5. The van der Waals surface area contributed by atoms with Gasteiger partial charge in [-0.3, -0.25) is 9.36 Å². The highest BCUT2D eigenvalue weighted by molar-refractivity contribution is 7.11. The lowest BCUT2D eigenvalue weighted by atomic mass is 9.96. The molecule has 0 amide bonds. The number of thiophene rings is 1. The zero-order valence-corrected chi connectivity index (χ0v) is 19.3. The SMILES string of the molecule is COc1ccc([C@@H]2C(C(=O)OC(C)C)=C(C)N=c3s/c(=C\c4cccs4)c(=O)n32)cc1. The van der Waals surface area contributed by atoms with Gasteiger partial charge in [-0.25, -0.2) is 9.79 Å². The number of aromatic nitrogens is 1. The van der Waals surface area contributed by atoms with E-state index in [0.717, 1.165) is 10.4 Å². The maximum absolute atomic E-state index is 13.4.